The van der Waals surface area contributed by atoms with Crippen LogP contribution in [-0.4, -0.2) is 47.8 Å². The van der Waals surface area contributed by atoms with E-state index in [0.717, 1.165) is 0 Å². The molecule has 0 aliphatic carbocycles. The summed E-state index contributed by atoms with van der Waals surface area (Å²) in [6.07, 6.45) is -0.596. The SMILES string of the molecule is CCOC1OC(=O)CC1NC(CS)C(=O)O. The van der Waals surface area contributed by atoms with Gasteiger partial charge in [0, 0.05) is 12.4 Å². The largest absolute Gasteiger partial charge is 0.480 e. The van der Waals surface area contributed by atoms with E-state index >= 15 is 0 Å². The van der Waals surface area contributed by atoms with Gasteiger partial charge in [0.2, 0.25) is 6.29 Å². The molecule has 0 bridgehead atoms. The summed E-state index contributed by atoms with van der Waals surface area (Å²) in [5.74, 6) is -1.26. The third-order valence-corrected chi connectivity index (χ3v) is 2.55. The molecule has 1 fully saturated rings. The van der Waals surface area contributed by atoms with Crippen molar-refractivity contribution in [2.75, 3.05) is 12.4 Å². The molecule has 0 aromatic rings. The van der Waals surface area contributed by atoms with E-state index < -0.39 is 24.3 Å². The van der Waals surface area contributed by atoms with E-state index in [0.29, 0.717) is 6.61 Å². The molecule has 1 saturated heterocycles. The number of carboxylic acid groups (broad SMARTS) is 1. The minimum Gasteiger partial charge on any atom is -0.480 e. The molecule has 0 aromatic carbocycles. The number of hydrogen-bond donors (Lipinski definition) is 3. The quantitative estimate of drug-likeness (QED) is 0.440. The van der Waals surface area contributed by atoms with E-state index in [1.54, 1.807) is 6.92 Å². The van der Waals surface area contributed by atoms with Crippen molar-refractivity contribution in [3.8, 4) is 0 Å². The maximum Gasteiger partial charge on any atom is 0.321 e. The molecule has 1 rings (SSSR count). The van der Waals surface area contributed by atoms with E-state index in [1.165, 1.54) is 0 Å². The molecule has 0 spiro atoms. The summed E-state index contributed by atoms with van der Waals surface area (Å²) in [5, 5.41) is 11.6. The van der Waals surface area contributed by atoms with Gasteiger partial charge < -0.3 is 14.6 Å². The number of thiol groups is 1. The van der Waals surface area contributed by atoms with Crippen molar-refractivity contribution in [3.05, 3.63) is 0 Å². The van der Waals surface area contributed by atoms with E-state index in [2.05, 4.69) is 17.9 Å². The molecule has 1 aliphatic rings. The van der Waals surface area contributed by atoms with Crippen LogP contribution in [0.1, 0.15) is 13.3 Å². The molecule has 1 heterocycles. The molecule has 0 saturated carbocycles. The second-order valence-corrected chi connectivity index (χ2v) is 3.73. The van der Waals surface area contributed by atoms with Crippen LogP contribution in [-0.2, 0) is 19.1 Å². The van der Waals surface area contributed by atoms with Gasteiger partial charge in [0.05, 0.1) is 12.5 Å². The number of ether oxygens (including phenoxy) is 2. The third kappa shape index (κ3) is 3.36. The summed E-state index contributed by atoms with van der Waals surface area (Å²) < 4.78 is 10.1. The molecule has 3 atom stereocenters. The third-order valence-electron chi connectivity index (χ3n) is 2.19. The number of carboxylic acids is 1. The van der Waals surface area contributed by atoms with Crippen molar-refractivity contribution in [3.63, 3.8) is 0 Å². The van der Waals surface area contributed by atoms with Gasteiger partial charge in [0.25, 0.3) is 0 Å². The Balaban J connectivity index is 2.56. The second-order valence-electron chi connectivity index (χ2n) is 3.36. The smallest absolute Gasteiger partial charge is 0.321 e. The van der Waals surface area contributed by atoms with Crippen molar-refractivity contribution in [1.82, 2.24) is 5.32 Å². The fourth-order valence-corrected chi connectivity index (χ4v) is 1.71. The second kappa shape index (κ2) is 6.07. The molecule has 92 valence electrons. The van der Waals surface area contributed by atoms with Gasteiger partial charge in [0.1, 0.15) is 6.04 Å². The highest BCUT2D eigenvalue weighted by Crippen LogP contribution is 2.17. The topological polar surface area (TPSA) is 84.9 Å². The van der Waals surface area contributed by atoms with Crippen LogP contribution in [0.4, 0.5) is 0 Å². The number of cyclic esters (lactones) is 1. The zero-order valence-corrected chi connectivity index (χ0v) is 9.78. The van der Waals surface area contributed by atoms with E-state index in [-0.39, 0.29) is 18.1 Å². The van der Waals surface area contributed by atoms with Crippen molar-refractivity contribution >= 4 is 24.6 Å². The molecule has 3 unspecified atom stereocenters. The monoisotopic (exact) mass is 249 g/mol. The number of carbonyl (C=O) groups is 2. The lowest BCUT2D eigenvalue weighted by molar-refractivity contribution is -0.164. The van der Waals surface area contributed by atoms with Crippen molar-refractivity contribution in [2.24, 2.45) is 0 Å². The zero-order valence-electron chi connectivity index (χ0n) is 8.88. The summed E-state index contributed by atoms with van der Waals surface area (Å²) in [5.41, 5.74) is 0. The molecule has 0 radical (unpaired) electrons. The van der Waals surface area contributed by atoms with Crippen LogP contribution in [0, 0.1) is 0 Å². The summed E-state index contributed by atoms with van der Waals surface area (Å²) in [4.78, 5) is 21.9. The molecule has 6 nitrogen and oxygen atoms in total. The van der Waals surface area contributed by atoms with Gasteiger partial charge in [-0.25, -0.2) is 0 Å². The van der Waals surface area contributed by atoms with Gasteiger partial charge in [-0.1, -0.05) is 0 Å². The minimum absolute atomic E-state index is 0.113. The Morgan fingerprint density at radius 3 is 3.00 bits per heavy atom. The fourth-order valence-electron chi connectivity index (χ4n) is 1.45. The predicted octanol–water partition coefficient (Wildman–Crippen LogP) is -0.363. The first kappa shape index (κ1) is 13.3. The van der Waals surface area contributed by atoms with Gasteiger partial charge in [0.15, 0.2) is 0 Å². The molecule has 1 aliphatic heterocycles. The van der Waals surface area contributed by atoms with Crippen LogP contribution in [0.25, 0.3) is 0 Å². The highest BCUT2D eigenvalue weighted by Gasteiger charge is 2.37. The maximum absolute atomic E-state index is 11.1. The van der Waals surface area contributed by atoms with Crippen molar-refractivity contribution < 1.29 is 24.2 Å². The van der Waals surface area contributed by atoms with Crippen molar-refractivity contribution in [2.45, 2.75) is 31.7 Å². The Kier molecular flexibility index (Phi) is 5.04. The molecular formula is C9H15NO5S. The highest BCUT2D eigenvalue weighted by atomic mass is 32.1. The zero-order chi connectivity index (χ0) is 12.1. The van der Waals surface area contributed by atoms with Crippen LogP contribution in [0.15, 0.2) is 0 Å². The van der Waals surface area contributed by atoms with Gasteiger partial charge in [-0.05, 0) is 6.92 Å². The number of carbonyl (C=O) groups excluding carboxylic acids is 1. The summed E-state index contributed by atoms with van der Waals surface area (Å²) >= 11 is 3.92. The number of rotatable bonds is 6. The van der Waals surface area contributed by atoms with Crippen LogP contribution in [0.3, 0.4) is 0 Å². The number of esters is 1. The lowest BCUT2D eigenvalue weighted by Gasteiger charge is -2.21. The number of hydrogen-bond acceptors (Lipinski definition) is 6. The highest BCUT2D eigenvalue weighted by molar-refractivity contribution is 7.80. The number of nitrogens with one attached hydrogen (secondary N) is 1. The number of aliphatic carboxylic acids is 1. The molecule has 2 N–H and O–H groups in total. The van der Waals surface area contributed by atoms with Crippen molar-refractivity contribution in [1.29, 1.82) is 0 Å². The first-order valence-corrected chi connectivity index (χ1v) is 5.62. The fraction of sp³-hybridized carbons (Fsp3) is 0.778. The average Bonchev–Trinajstić information content (AvgIpc) is 2.55. The van der Waals surface area contributed by atoms with Crippen LogP contribution in [0.5, 0.6) is 0 Å². The lowest BCUT2D eigenvalue weighted by atomic mass is 10.2. The van der Waals surface area contributed by atoms with Crippen LogP contribution < -0.4 is 5.32 Å². The summed E-state index contributed by atoms with van der Waals surface area (Å²) in [6, 6.07) is -1.24. The average molecular weight is 249 g/mol. The normalized spacial score (nSPS) is 26.5. The van der Waals surface area contributed by atoms with Gasteiger partial charge in [-0.15, -0.1) is 0 Å². The van der Waals surface area contributed by atoms with Gasteiger partial charge >= 0.3 is 11.9 Å². The summed E-state index contributed by atoms with van der Waals surface area (Å²) in [6.45, 7) is 2.17. The first-order valence-electron chi connectivity index (χ1n) is 4.99. The molecular weight excluding hydrogens is 234 g/mol. The standard InChI is InChI=1S/C9H15NO5S/c1-2-14-9-5(3-7(11)15-9)10-6(4-16)8(12)13/h5-6,9-10,16H,2-4H2,1H3,(H,12,13). The Bertz CT molecular complexity index is 273. The van der Waals surface area contributed by atoms with E-state index in [9.17, 15) is 9.59 Å². The van der Waals surface area contributed by atoms with Gasteiger partial charge in [-0.2, -0.15) is 12.6 Å². The molecule has 0 amide bonds. The Morgan fingerprint density at radius 2 is 2.50 bits per heavy atom. The van der Waals surface area contributed by atoms with Crippen LogP contribution >= 0.6 is 12.6 Å². The Hall–Kier alpha value is -0.790. The molecule has 16 heavy (non-hydrogen) atoms. The Labute approximate surface area is 98.7 Å². The lowest BCUT2D eigenvalue weighted by Crippen LogP contribution is -2.48. The first-order chi connectivity index (χ1) is 7.58. The molecule has 7 heteroatoms. The molecule has 0 aromatic heterocycles. The van der Waals surface area contributed by atoms with E-state index in [4.69, 9.17) is 14.6 Å². The van der Waals surface area contributed by atoms with Crippen LogP contribution in [0.2, 0.25) is 0 Å². The summed E-state index contributed by atoms with van der Waals surface area (Å²) in [7, 11) is 0. The predicted molar refractivity (Wildman–Crippen MR) is 58.3 cm³/mol. The maximum atomic E-state index is 11.1. The minimum atomic E-state index is -1.01. The van der Waals surface area contributed by atoms with Gasteiger partial charge in [-0.3, -0.25) is 14.9 Å². The van der Waals surface area contributed by atoms with E-state index in [1.807, 2.05) is 0 Å². The Morgan fingerprint density at radius 1 is 1.81 bits per heavy atom.